The zero-order valence-electron chi connectivity index (χ0n) is 12.4. The lowest BCUT2D eigenvalue weighted by molar-refractivity contribution is 0.102. The number of nitrogens with zero attached hydrogens (tertiary/aromatic N) is 1. The minimum absolute atomic E-state index is 0.101. The Morgan fingerprint density at radius 1 is 1.08 bits per heavy atom. The third kappa shape index (κ3) is 3.88. The predicted molar refractivity (Wildman–Crippen MR) is 90.1 cm³/mol. The second-order valence-corrected chi connectivity index (χ2v) is 5.31. The molecule has 0 aliphatic carbocycles. The molecular formula is C18H12ClFN2O2. The number of benzene rings is 2. The number of anilines is 1. The molecule has 1 aromatic heterocycles. The second-order valence-electron chi connectivity index (χ2n) is 4.90. The van der Waals surface area contributed by atoms with Gasteiger partial charge >= 0.3 is 0 Å². The summed E-state index contributed by atoms with van der Waals surface area (Å²) in [5.74, 6) is 0.180. The van der Waals surface area contributed by atoms with Gasteiger partial charge in [-0.1, -0.05) is 17.7 Å². The van der Waals surface area contributed by atoms with Crippen molar-refractivity contribution < 1.29 is 13.9 Å². The van der Waals surface area contributed by atoms with Crippen LogP contribution < -0.4 is 10.1 Å². The molecule has 3 aromatic rings. The lowest BCUT2D eigenvalue weighted by atomic mass is 10.2. The van der Waals surface area contributed by atoms with Crippen molar-refractivity contribution in [2.45, 2.75) is 0 Å². The first-order chi connectivity index (χ1) is 11.6. The largest absolute Gasteiger partial charge is 0.456 e. The lowest BCUT2D eigenvalue weighted by Crippen LogP contribution is -2.12. The molecule has 6 heteroatoms. The van der Waals surface area contributed by atoms with Gasteiger partial charge in [0.15, 0.2) is 0 Å². The SMILES string of the molecule is O=C(Nc1cccc(Oc2cccnc2)c1)c1ccc(F)c(Cl)c1. The van der Waals surface area contributed by atoms with Crippen LogP contribution in [0.25, 0.3) is 0 Å². The topological polar surface area (TPSA) is 51.2 Å². The molecule has 24 heavy (non-hydrogen) atoms. The van der Waals surface area contributed by atoms with E-state index < -0.39 is 11.7 Å². The van der Waals surface area contributed by atoms with E-state index in [1.165, 1.54) is 12.1 Å². The first-order valence-corrected chi connectivity index (χ1v) is 7.44. The molecule has 1 heterocycles. The molecule has 0 spiro atoms. The summed E-state index contributed by atoms with van der Waals surface area (Å²) in [6.45, 7) is 0. The van der Waals surface area contributed by atoms with E-state index in [0.717, 1.165) is 6.07 Å². The van der Waals surface area contributed by atoms with E-state index in [1.54, 1.807) is 48.8 Å². The Kier molecular flexibility index (Phi) is 4.72. The van der Waals surface area contributed by atoms with Crippen molar-refractivity contribution in [3.05, 3.63) is 83.4 Å². The zero-order chi connectivity index (χ0) is 16.9. The Balaban J connectivity index is 1.74. The molecule has 0 atom stereocenters. The van der Waals surface area contributed by atoms with E-state index in [-0.39, 0.29) is 10.6 Å². The Labute approximate surface area is 142 Å². The predicted octanol–water partition coefficient (Wildman–Crippen LogP) is 4.92. The number of aromatic nitrogens is 1. The number of pyridine rings is 1. The quantitative estimate of drug-likeness (QED) is 0.732. The standard InChI is InChI=1S/C18H12ClFN2O2/c19-16-9-12(6-7-17(16)20)18(23)22-13-3-1-4-14(10-13)24-15-5-2-8-21-11-15/h1-11H,(H,22,23). The van der Waals surface area contributed by atoms with Gasteiger partial charge in [0.1, 0.15) is 17.3 Å². The van der Waals surface area contributed by atoms with E-state index in [4.69, 9.17) is 16.3 Å². The third-order valence-corrected chi connectivity index (χ3v) is 3.43. The maximum atomic E-state index is 13.2. The van der Waals surface area contributed by atoms with Gasteiger partial charge in [-0.25, -0.2) is 4.39 Å². The molecule has 2 aromatic carbocycles. The first-order valence-electron chi connectivity index (χ1n) is 7.06. The fourth-order valence-electron chi connectivity index (χ4n) is 2.02. The number of hydrogen-bond donors (Lipinski definition) is 1. The molecular weight excluding hydrogens is 331 g/mol. The minimum Gasteiger partial charge on any atom is -0.456 e. The summed E-state index contributed by atoms with van der Waals surface area (Å²) in [5.41, 5.74) is 0.807. The summed E-state index contributed by atoms with van der Waals surface area (Å²) >= 11 is 5.70. The van der Waals surface area contributed by atoms with Crippen LogP contribution in [0.15, 0.2) is 67.0 Å². The Morgan fingerprint density at radius 2 is 1.92 bits per heavy atom. The zero-order valence-corrected chi connectivity index (χ0v) is 13.1. The molecule has 0 aliphatic rings. The molecule has 1 N–H and O–H groups in total. The average Bonchev–Trinajstić information content (AvgIpc) is 2.58. The van der Waals surface area contributed by atoms with E-state index in [0.29, 0.717) is 17.2 Å². The molecule has 0 bridgehead atoms. The van der Waals surface area contributed by atoms with Gasteiger partial charge in [-0.15, -0.1) is 0 Å². The molecule has 4 nitrogen and oxygen atoms in total. The van der Waals surface area contributed by atoms with Crippen LogP contribution in [0.3, 0.4) is 0 Å². The summed E-state index contributed by atoms with van der Waals surface area (Å²) in [6.07, 6.45) is 3.24. The van der Waals surface area contributed by atoms with Crippen molar-refractivity contribution in [3.8, 4) is 11.5 Å². The molecule has 0 aliphatic heterocycles. The Hall–Kier alpha value is -2.92. The van der Waals surface area contributed by atoms with Gasteiger partial charge < -0.3 is 10.1 Å². The fraction of sp³-hybridized carbons (Fsp3) is 0. The number of halogens is 2. The van der Waals surface area contributed by atoms with Crippen LogP contribution in [-0.2, 0) is 0 Å². The normalized spacial score (nSPS) is 10.2. The average molecular weight is 343 g/mol. The number of amides is 1. The van der Waals surface area contributed by atoms with Crippen LogP contribution in [0.1, 0.15) is 10.4 Å². The summed E-state index contributed by atoms with van der Waals surface area (Å²) < 4.78 is 18.8. The minimum atomic E-state index is -0.569. The number of rotatable bonds is 4. The maximum absolute atomic E-state index is 13.2. The van der Waals surface area contributed by atoms with Crippen LogP contribution in [0.5, 0.6) is 11.5 Å². The smallest absolute Gasteiger partial charge is 0.255 e. The van der Waals surface area contributed by atoms with Crippen molar-refractivity contribution in [3.63, 3.8) is 0 Å². The molecule has 1 amide bonds. The lowest BCUT2D eigenvalue weighted by Gasteiger charge is -2.09. The van der Waals surface area contributed by atoms with Crippen LogP contribution >= 0.6 is 11.6 Å². The fourth-order valence-corrected chi connectivity index (χ4v) is 2.20. The van der Waals surface area contributed by atoms with E-state index in [2.05, 4.69) is 10.3 Å². The number of ether oxygens (including phenoxy) is 1. The number of nitrogens with one attached hydrogen (secondary N) is 1. The molecule has 0 radical (unpaired) electrons. The molecule has 3 rings (SSSR count). The van der Waals surface area contributed by atoms with Gasteiger partial charge in [0.2, 0.25) is 0 Å². The van der Waals surface area contributed by atoms with E-state index in [1.807, 2.05) is 0 Å². The van der Waals surface area contributed by atoms with Crippen molar-refractivity contribution in [2.24, 2.45) is 0 Å². The van der Waals surface area contributed by atoms with Crippen molar-refractivity contribution in [1.82, 2.24) is 4.98 Å². The third-order valence-electron chi connectivity index (χ3n) is 3.14. The van der Waals surface area contributed by atoms with Crippen molar-refractivity contribution in [2.75, 3.05) is 5.32 Å². The van der Waals surface area contributed by atoms with E-state index in [9.17, 15) is 9.18 Å². The van der Waals surface area contributed by atoms with Crippen molar-refractivity contribution in [1.29, 1.82) is 0 Å². The number of hydrogen-bond acceptors (Lipinski definition) is 3. The molecule has 0 fully saturated rings. The summed E-state index contributed by atoms with van der Waals surface area (Å²) in [6, 6.07) is 14.2. The first kappa shape index (κ1) is 16.0. The van der Waals surface area contributed by atoms with Crippen molar-refractivity contribution >= 4 is 23.2 Å². The van der Waals surface area contributed by atoms with Gasteiger partial charge in [-0.2, -0.15) is 0 Å². The summed E-state index contributed by atoms with van der Waals surface area (Å²) in [5, 5.41) is 2.61. The Morgan fingerprint density at radius 3 is 2.67 bits per heavy atom. The van der Waals surface area contributed by atoms with Crippen LogP contribution in [0.4, 0.5) is 10.1 Å². The van der Waals surface area contributed by atoms with Gasteiger partial charge in [-0.3, -0.25) is 9.78 Å². The van der Waals surface area contributed by atoms with Crippen LogP contribution in [0.2, 0.25) is 5.02 Å². The highest BCUT2D eigenvalue weighted by Crippen LogP contribution is 2.24. The van der Waals surface area contributed by atoms with Gasteiger partial charge in [0, 0.05) is 23.5 Å². The summed E-state index contributed by atoms with van der Waals surface area (Å²) in [4.78, 5) is 16.2. The summed E-state index contributed by atoms with van der Waals surface area (Å²) in [7, 11) is 0. The van der Waals surface area contributed by atoms with Gasteiger partial charge in [0.25, 0.3) is 5.91 Å². The molecule has 120 valence electrons. The monoisotopic (exact) mass is 342 g/mol. The highest BCUT2D eigenvalue weighted by molar-refractivity contribution is 6.31. The van der Waals surface area contributed by atoms with Gasteiger partial charge in [0.05, 0.1) is 11.2 Å². The molecule has 0 unspecified atom stereocenters. The number of carbonyl (C=O) groups is 1. The van der Waals surface area contributed by atoms with Crippen LogP contribution in [-0.4, -0.2) is 10.9 Å². The highest BCUT2D eigenvalue weighted by Gasteiger charge is 2.09. The molecule has 0 saturated heterocycles. The number of carbonyl (C=O) groups excluding carboxylic acids is 1. The Bertz CT molecular complexity index is 872. The van der Waals surface area contributed by atoms with Crippen LogP contribution in [0, 0.1) is 5.82 Å². The van der Waals surface area contributed by atoms with E-state index >= 15 is 0 Å². The highest BCUT2D eigenvalue weighted by atomic mass is 35.5. The molecule has 0 saturated carbocycles. The van der Waals surface area contributed by atoms with Gasteiger partial charge in [-0.05, 0) is 42.5 Å². The second kappa shape index (κ2) is 7.10. The maximum Gasteiger partial charge on any atom is 0.255 e.